The average Bonchev–Trinajstić information content (AvgIpc) is 2.74. The number of amides is 1. The third-order valence-corrected chi connectivity index (χ3v) is 4.39. The minimum atomic E-state index is -0.713. The molecule has 10 nitrogen and oxygen atoms in total. The van der Waals surface area contributed by atoms with Crippen LogP contribution in [0.4, 0.5) is 11.5 Å². The van der Waals surface area contributed by atoms with E-state index in [4.69, 9.17) is 21.1 Å². The van der Waals surface area contributed by atoms with Crippen molar-refractivity contribution in [1.29, 1.82) is 0 Å². The van der Waals surface area contributed by atoms with Crippen LogP contribution in [-0.2, 0) is 0 Å². The van der Waals surface area contributed by atoms with E-state index < -0.39 is 16.5 Å². The predicted octanol–water partition coefficient (Wildman–Crippen LogP) is 3.90. The third kappa shape index (κ3) is 4.55. The molecule has 0 aliphatic rings. The van der Waals surface area contributed by atoms with Gasteiger partial charge in [-0.3, -0.25) is 25.8 Å². The summed E-state index contributed by atoms with van der Waals surface area (Å²) in [5.41, 5.74) is 5.21. The number of nitro groups is 1. The van der Waals surface area contributed by atoms with Crippen molar-refractivity contribution in [3.8, 4) is 17.4 Å². The fourth-order valence-corrected chi connectivity index (χ4v) is 2.62. The van der Waals surface area contributed by atoms with Crippen LogP contribution >= 0.6 is 11.6 Å². The van der Waals surface area contributed by atoms with Gasteiger partial charge in [0.25, 0.3) is 5.91 Å². The van der Waals surface area contributed by atoms with E-state index in [1.807, 2.05) is 0 Å². The standard InChI is InChI=1S/C19H16ClN5O5/c1-11-9-12(7-8-14(11)20)30-19-16(25(27)28)17(21-10-22-19)23-24-18(26)13-5-3-4-6-15(13)29-2/h3-10H,1-2H3,(H,24,26)(H,21,22,23). The molecule has 0 saturated carbocycles. The van der Waals surface area contributed by atoms with Crippen LogP contribution in [0.25, 0.3) is 0 Å². The first kappa shape index (κ1) is 20.8. The van der Waals surface area contributed by atoms with Gasteiger partial charge in [-0.1, -0.05) is 23.7 Å². The largest absolute Gasteiger partial charge is 0.496 e. The summed E-state index contributed by atoms with van der Waals surface area (Å²) in [6, 6.07) is 11.3. The van der Waals surface area contributed by atoms with Crippen LogP contribution in [0, 0.1) is 17.0 Å². The first-order valence-electron chi connectivity index (χ1n) is 8.53. The second kappa shape index (κ2) is 9.05. The number of ether oxygens (including phenoxy) is 2. The zero-order valence-corrected chi connectivity index (χ0v) is 16.6. The van der Waals surface area contributed by atoms with Gasteiger partial charge >= 0.3 is 11.6 Å². The van der Waals surface area contributed by atoms with Crippen LogP contribution in [-0.4, -0.2) is 27.9 Å². The van der Waals surface area contributed by atoms with E-state index in [9.17, 15) is 14.9 Å². The molecule has 0 aliphatic heterocycles. The van der Waals surface area contributed by atoms with E-state index in [-0.39, 0.29) is 17.3 Å². The number of anilines is 1. The van der Waals surface area contributed by atoms with Crippen LogP contribution in [0.3, 0.4) is 0 Å². The van der Waals surface area contributed by atoms with E-state index in [0.717, 1.165) is 11.9 Å². The molecule has 3 rings (SSSR count). The van der Waals surface area contributed by atoms with Gasteiger partial charge in [-0.25, -0.2) is 4.98 Å². The molecule has 154 valence electrons. The lowest BCUT2D eigenvalue weighted by molar-refractivity contribution is -0.385. The summed E-state index contributed by atoms with van der Waals surface area (Å²) < 4.78 is 10.7. The number of carbonyl (C=O) groups excluding carboxylic acids is 1. The molecule has 0 aliphatic carbocycles. The molecule has 1 heterocycles. The molecule has 2 N–H and O–H groups in total. The monoisotopic (exact) mass is 429 g/mol. The number of carbonyl (C=O) groups is 1. The van der Waals surface area contributed by atoms with Crippen molar-refractivity contribution >= 4 is 29.0 Å². The normalized spacial score (nSPS) is 10.2. The maximum absolute atomic E-state index is 12.4. The highest BCUT2D eigenvalue weighted by Gasteiger charge is 2.26. The topological polar surface area (TPSA) is 129 Å². The lowest BCUT2D eigenvalue weighted by Gasteiger charge is -2.12. The number of hydrogen-bond acceptors (Lipinski definition) is 8. The minimum Gasteiger partial charge on any atom is -0.496 e. The zero-order chi connectivity index (χ0) is 21.7. The summed E-state index contributed by atoms with van der Waals surface area (Å²) in [7, 11) is 1.43. The summed E-state index contributed by atoms with van der Waals surface area (Å²) in [6.07, 6.45) is 1.07. The molecule has 1 amide bonds. The number of aryl methyl sites for hydroxylation is 1. The van der Waals surface area contributed by atoms with Crippen LogP contribution < -0.4 is 20.3 Å². The number of nitrogens with zero attached hydrogens (tertiary/aromatic N) is 3. The SMILES string of the molecule is COc1ccccc1C(=O)NNc1ncnc(Oc2ccc(Cl)c(C)c2)c1[N+](=O)[O-]. The maximum atomic E-state index is 12.4. The van der Waals surface area contributed by atoms with Crippen molar-refractivity contribution in [2.24, 2.45) is 0 Å². The highest BCUT2D eigenvalue weighted by molar-refractivity contribution is 6.31. The van der Waals surface area contributed by atoms with Gasteiger partial charge in [0.1, 0.15) is 17.8 Å². The Hall–Kier alpha value is -3.92. The molecule has 0 saturated heterocycles. The third-order valence-electron chi connectivity index (χ3n) is 3.96. The molecule has 0 unspecified atom stereocenters. The summed E-state index contributed by atoms with van der Waals surface area (Å²) >= 11 is 5.99. The molecule has 0 bridgehead atoms. The molecule has 0 fully saturated rings. The molecular weight excluding hydrogens is 414 g/mol. The second-order valence-electron chi connectivity index (χ2n) is 5.93. The van der Waals surface area contributed by atoms with Gasteiger partial charge < -0.3 is 9.47 Å². The number of hydrazine groups is 1. The van der Waals surface area contributed by atoms with E-state index in [1.54, 1.807) is 49.4 Å². The number of para-hydroxylation sites is 1. The van der Waals surface area contributed by atoms with Gasteiger partial charge in [0.05, 0.1) is 17.6 Å². The van der Waals surface area contributed by atoms with Crippen LogP contribution in [0.2, 0.25) is 5.02 Å². The average molecular weight is 430 g/mol. The van der Waals surface area contributed by atoms with Gasteiger partial charge in [-0.05, 0) is 42.8 Å². The molecule has 3 aromatic rings. The second-order valence-corrected chi connectivity index (χ2v) is 6.33. The van der Waals surface area contributed by atoms with Crippen molar-refractivity contribution in [3.05, 3.63) is 75.1 Å². The smallest absolute Gasteiger partial charge is 0.374 e. The zero-order valence-electron chi connectivity index (χ0n) is 15.9. The van der Waals surface area contributed by atoms with Crippen molar-refractivity contribution in [1.82, 2.24) is 15.4 Å². The Balaban J connectivity index is 1.84. The molecule has 0 spiro atoms. The minimum absolute atomic E-state index is 0.234. The fourth-order valence-electron chi connectivity index (χ4n) is 2.50. The van der Waals surface area contributed by atoms with Crippen LogP contribution in [0.15, 0.2) is 48.8 Å². The summed E-state index contributed by atoms with van der Waals surface area (Å²) in [6.45, 7) is 1.77. The highest BCUT2D eigenvalue weighted by atomic mass is 35.5. The Morgan fingerprint density at radius 1 is 1.20 bits per heavy atom. The Labute approximate surface area is 175 Å². The lowest BCUT2D eigenvalue weighted by atomic mass is 10.2. The Morgan fingerprint density at radius 3 is 2.67 bits per heavy atom. The van der Waals surface area contributed by atoms with Gasteiger partial charge in [0.15, 0.2) is 0 Å². The molecular formula is C19H16ClN5O5. The fraction of sp³-hybridized carbons (Fsp3) is 0.105. The Kier molecular flexibility index (Phi) is 6.28. The highest BCUT2D eigenvalue weighted by Crippen LogP contribution is 2.34. The van der Waals surface area contributed by atoms with Gasteiger partial charge in [-0.15, -0.1) is 0 Å². The number of nitrogens with one attached hydrogen (secondary N) is 2. The first-order chi connectivity index (χ1) is 14.4. The lowest BCUT2D eigenvalue weighted by Crippen LogP contribution is -2.30. The maximum Gasteiger partial charge on any atom is 0.374 e. The van der Waals surface area contributed by atoms with E-state index in [1.165, 1.54) is 7.11 Å². The van der Waals surface area contributed by atoms with Crippen molar-refractivity contribution in [2.75, 3.05) is 12.5 Å². The molecule has 0 radical (unpaired) electrons. The molecule has 0 atom stereocenters. The van der Waals surface area contributed by atoms with Gasteiger partial charge in [0.2, 0.25) is 5.82 Å². The number of rotatable bonds is 7. The van der Waals surface area contributed by atoms with Crippen molar-refractivity contribution in [3.63, 3.8) is 0 Å². The Bertz CT molecular complexity index is 1110. The molecule has 1 aromatic heterocycles. The van der Waals surface area contributed by atoms with Crippen LogP contribution in [0.5, 0.6) is 17.4 Å². The van der Waals surface area contributed by atoms with Crippen molar-refractivity contribution < 1.29 is 19.2 Å². The van der Waals surface area contributed by atoms with E-state index in [2.05, 4.69) is 20.8 Å². The summed E-state index contributed by atoms with van der Waals surface area (Å²) in [4.78, 5) is 31.0. The molecule has 30 heavy (non-hydrogen) atoms. The molecule has 11 heteroatoms. The molecule has 2 aromatic carbocycles. The first-order valence-corrected chi connectivity index (χ1v) is 8.91. The predicted molar refractivity (Wildman–Crippen MR) is 109 cm³/mol. The van der Waals surface area contributed by atoms with Crippen molar-refractivity contribution in [2.45, 2.75) is 6.92 Å². The number of benzene rings is 2. The number of hydrogen-bond donors (Lipinski definition) is 2. The van der Waals surface area contributed by atoms with Gasteiger partial charge in [0, 0.05) is 5.02 Å². The summed E-state index contributed by atoms with van der Waals surface area (Å²) in [5.74, 6) is -0.473. The number of methoxy groups -OCH3 is 1. The number of halogens is 1. The quantitative estimate of drug-likeness (QED) is 0.427. The van der Waals surface area contributed by atoms with E-state index >= 15 is 0 Å². The number of aromatic nitrogens is 2. The van der Waals surface area contributed by atoms with E-state index in [0.29, 0.717) is 16.5 Å². The summed E-state index contributed by atoms with van der Waals surface area (Å²) in [5, 5.41) is 12.1. The Morgan fingerprint density at radius 2 is 1.97 bits per heavy atom. The van der Waals surface area contributed by atoms with Crippen LogP contribution in [0.1, 0.15) is 15.9 Å². The van der Waals surface area contributed by atoms with Gasteiger partial charge in [-0.2, -0.15) is 4.98 Å².